The second-order valence-corrected chi connectivity index (χ2v) is 5.70. The number of alkyl halides is 3. The van der Waals surface area contributed by atoms with Crippen LogP contribution in [0, 0.1) is 5.92 Å². The number of nitrogens with zero attached hydrogens (tertiary/aromatic N) is 2. The zero-order valence-corrected chi connectivity index (χ0v) is 12.8. The van der Waals surface area contributed by atoms with Gasteiger partial charge in [-0.1, -0.05) is 25.9 Å². The molecule has 122 valence electrons. The lowest BCUT2D eigenvalue weighted by molar-refractivity contribution is -0.134. The largest absolute Gasteiger partial charge is 0.389 e. The van der Waals surface area contributed by atoms with E-state index in [1.807, 2.05) is 0 Å². The Balaban J connectivity index is 2.53. The van der Waals surface area contributed by atoms with Crippen molar-refractivity contribution in [3.63, 3.8) is 0 Å². The molecule has 0 aliphatic rings. The van der Waals surface area contributed by atoms with Gasteiger partial charge in [0.05, 0.1) is 6.42 Å². The smallest absolute Gasteiger partial charge is 0.339 e. The average molecular weight is 307 g/mol. The summed E-state index contributed by atoms with van der Waals surface area (Å²) in [6.07, 6.45) is -2.81. The fraction of sp³-hybridized carbons (Fsp3) is 0.857. The molecule has 1 rings (SSSR count). The van der Waals surface area contributed by atoms with Crippen LogP contribution in [0.2, 0.25) is 0 Å². The summed E-state index contributed by atoms with van der Waals surface area (Å²) in [6.45, 7) is 7.24. The van der Waals surface area contributed by atoms with Crippen molar-refractivity contribution in [3.05, 3.63) is 11.7 Å². The molecule has 1 heterocycles. The van der Waals surface area contributed by atoms with Crippen molar-refractivity contribution in [3.8, 4) is 0 Å². The second-order valence-electron chi connectivity index (χ2n) is 5.70. The number of hydrogen-bond donors (Lipinski definition) is 1. The SMILES string of the molecule is CCCNC(Cc1nc(CCC(F)(F)F)no1)CC(C)C. The topological polar surface area (TPSA) is 51.0 Å². The minimum atomic E-state index is -4.19. The summed E-state index contributed by atoms with van der Waals surface area (Å²) in [4.78, 5) is 4.05. The molecule has 1 unspecified atom stereocenters. The molecule has 7 heteroatoms. The maximum Gasteiger partial charge on any atom is 0.389 e. The number of halogens is 3. The Morgan fingerprint density at radius 2 is 2.00 bits per heavy atom. The first-order valence-electron chi connectivity index (χ1n) is 7.41. The molecule has 0 saturated carbocycles. The molecule has 1 aromatic heterocycles. The standard InChI is InChI=1S/C14H24F3N3O/c1-4-7-18-11(8-10(2)3)9-13-19-12(20-21-13)5-6-14(15,16)17/h10-11,18H,4-9H2,1-3H3. The molecule has 0 radical (unpaired) electrons. The molecule has 0 spiro atoms. The molecule has 1 N–H and O–H groups in total. The van der Waals surface area contributed by atoms with Crippen LogP contribution in [0.15, 0.2) is 4.52 Å². The Morgan fingerprint density at radius 3 is 2.57 bits per heavy atom. The summed E-state index contributed by atoms with van der Waals surface area (Å²) in [7, 11) is 0. The molecule has 4 nitrogen and oxygen atoms in total. The predicted octanol–water partition coefficient (Wildman–Crippen LogP) is 3.52. The van der Waals surface area contributed by atoms with Gasteiger partial charge >= 0.3 is 6.18 Å². The summed E-state index contributed by atoms with van der Waals surface area (Å²) >= 11 is 0. The van der Waals surface area contributed by atoms with Gasteiger partial charge in [0.2, 0.25) is 5.89 Å². The highest BCUT2D eigenvalue weighted by Gasteiger charge is 2.27. The van der Waals surface area contributed by atoms with Gasteiger partial charge in [0.25, 0.3) is 0 Å². The molecule has 0 aliphatic carbocycles. The van der Waals surface area contributed by atoms with Crippen LogP contribution in [0.3, 0.4) is 0 Å². The summed E-state index contributed by atoms with van der Waals surface area (Å²) in [5.41, 5.74) is 0. The first kappa shape index (κ1) is 17.9. The lowest BCUT2D eigenvalue weighted by Crippen LogP contribution is -2.33. The Bertz CT molecular complexity index is 404. The van der Waals surface area contributed by atoms with Gasteiger partial charge in [-0.15, -0.1) is 0 Å². The van der Waals surface area contributed by atoms with E-state index in [4.69, 9.17) is 4.52 Å². The fourth-order valence-electron chi connectivity index (χ4n) is 2.10. The Morgan fingerprint density at radius 1 is 1.29 bits per heavy atom. The van der Waals surface area contributed by atoms with Crippen molar-refractivity contribution in [2.75, 3.05) is 6.54 Å². The van der Waals surface area contributed by atoms with Crippen LogP contribution in [-0.4, -0.2) is 28.9 Å². The van der Waals surface area contributed by atoms with Crippen LogP contribution in [-0.2, 0) is 12.8 Å². The highest BCUT2D eigenvalue weighted by molar-refractivity contribution is 4.90. The van der Waals surface area contributed by atoms with E-state index in [1.54, 1.807) is 0 Å². The van der Waals surface area contributed by atoms with E-state index in [0.717, 1.165) is 19.4 Å². The van der Waals surface area contributed by atoms with E-state index in [9.17, 15) is 13.2 Å². The first-order valence-corrected chi connectivity index (χ1v) is 7.41. The molecule has 0 bridgehead atoms. The zero-order chi connectivity index (χ0) is 15.9. The molecule has 1 aromatic rings. The van der Waals surface area contributed by atoms with E-state index in [2.05, 4.69) is 36.2 Å². The monoisotopic (exact) mass is 307 g/mol. The molecule has 0 aromatic carbocycles. The van der Waals surface area contributed by atoms with Crippen molar-refractivity contribution in [2.24, 2.45) is 5.92 Å². The predicted molar refractivity (Wildman–Crippen MR) is 73.9 cm³/mol. The van der Waals surface area contributed by atoms with Crippen LogP contribution >= 0.6 is 0 Å². The van der Waals surface area contributed by atoms with Gasteiger partial charge in [-0.25, -0.2) is 0 Å². The second kappa shape index (κ2) is 8.36. The molecular weight excluding hydrogens is 283 g/mol. The van der Waals surface area contributed by atoms with Gasteiger partial charge in [0.1, 0.15) is 0 Å². The van der Waals surface area contributed by atoms with Crippen LogP contribution in [0.1, 0.15) is 51.7 Å². The van der Waals surface area contributed by atoms with Gasteiger partial charge < -0.3 is 9.84 Å². The molecule has 1 atom stereocenters. The van der Waals surface area contributed by atoms with Crippen LogP contribution in [0.4, 0.5) is 13.2 Å². The number of aromatic nitrogens is 2. The van der Waals surface area contributed by atoms with Crippen LogP contribution in [0.25, 0.3) is 0 Å². The fourth-order valence-corrected chi connectivity index (χ4v) is 2.10. The van der Waals surface area contributed by atoms with Crippen molar-refractivity contribution in [1.29, 1.82) is 0 Å². The number of aryl methyl sites for hydroxylation is 1. The van der Waals surface area contributed by atoms with Gasteiger partial charge in [0, 0.05) is 18.9 Å². The van der Waals surface area contributed by atoms with Crippen LogP contribution in [0.5, 0.6) is 0 Å². The van der Waals surface area contributed by atoms with Crippen molar-refractivity contribution in [2.45, 2.75) is 65.1 Å². The minimum absolute atomic E-state index is 0.126. The quantitative estimate of drug-likeness (QED) is 0.758. The number of hydrogen-bond acceptors (Lipinski definition) is 4. The number of nitrogens with one attached hydrogen (secondary N) is 1. The molecule has 0 aliphatic heterocycles. The third-order valence-corrected chi connectivity index (χ3v) is 3.00. The summed E-state index contributed by atoms with van der Waals surface area (Å²) in [6, 6.07) is 0.209. The lowest BCUT2D eigenvalue weighted by atomic mass is 10.0. The molecule has 0 saturated heterocycles. The van der Waals surface area contributed by atoms with E-state index < -0.39 is 12.6 Å². The Kier molecular flexibility index (Phi) is 7.14. The minimum Gasteiger partial charge on any atom is -0.339 e. The van der Waals surface area contributed by atoms with Gasteiger partial charge in [-0.3, -0.25) is 0 Å². The summed E-state index contributed by atoms with van der Waals surface area (Å²) in [5.74, 6) is 1.05. The Labute approximate surface area is 123 Å². The van der Waals surface area contributed by atoms with Gasteiger partial charge in [-0.05, 0) is 25.3 Å². The van der Waals surface area contributed by atoms with E-state index in [1.165, 1.54) is 0 Å². The third-order valence-electron chi connectivity index (χ3n) is 3.00. The maximum absolute atomic E-state index is 12.1. The molecule has 21 heavy (non-hydrogen) atoms. The van der Waals surface area contributed by atoms with Crippen LogP contribution < -0.4 is 5.32 Å². The van der Waals surface area contributed by atoms with Gasteiger partial charge in [0.15, 0.2) is 5.82 Å². The van der Waals surface area contributed by atoms with Crippen molar-refractivity contribution < 1.29 is 17.7 Å². The highest BCUT2D eigenvalue weighted by atomic mass is 19.4. The van der Waals surface area contributed by atoms with E-state index >= 15 is 0 Å². The maximum atomic E-state index is 12.1. The summed E-state index contributed by atoms with van der Waals surface area (Å²) < 4.78 is 41.5. The average Bonchev–Trinajstić information content (AvgIpc) is 2.80. The normalized spacial score (nSPS) is 13.9. The first-order chi connectivity index (χ1) is 9.80. The molecular formula is C14H24F3N3O. The van der Waals surface area contributed by atoms with E-state index in [0.29, 0.717) is 18.2 Å². The Hall–Kier alpha value is -1.11. The third kappa shape index (κ3) is 8.04. The molecule has 0 amide bonds. The summed E-state index contributed by atoms with van der Waals surface area (Å²) in [5, 5.41) is 7.02. The van der Waals surface area contributed by atoms with Crippen molar-refractivity contribution in [1.82, 2.24) is 15.5 Å². The zero-order valence-electron chi connectivity index (χ0n) is 12.8. The highest BCUT2D eigenvalue weighted by Crippen LogP contribution is 2.21. The lowest BCUT2D eigenvalue weighted by Gasteiger charge is -2.18. The van der Waals surface area contributed by atoms with Crippen molar-refractivity contribution >= 4 is 0 Å². The van der Waals surface area contributed by atoms with E-state index in [-0.39, 0.29) is 18.3 Å². The molecule has 0 fully saturated rings. The van der Waals surface area contributed by atoms with Gasteiger partial charge in [-0.2, -0.15) is 18.2 Å². The number of rotatable bonds is 9.